The van der Waals surface area contributed by atoms with Crippen molar-refractivity contribution in [2.24, 2.45) is 0 Å². The average Bonchev–Trinajstić information content (AvgIpc) is 2.45. The van der Waals surface area contributed by atoms with Gasteiger partial charge in [0.15, 0.2) is 0 Å². The molecule has 2 N–H and O–H groups in total. The molecule has 0 spiro atoms. The average molecular weight is 280 g/mol. The maximum Gasteiger partial charge on any atom is 0.0897 e. The van der Waals surface area contributed by atoms with Gasteiger partial charge in [0.25, 0.3) is 0 Å². The third kappa shape index (κ3) is 7.58. The Bertz CT molecular complexity index is 358. The molecular weight excluding hydrogens is 252 g/mol. The van der Waals surface area contributed by atoms with Crippen molar-refractivity contribution in [2.75, 3.05) is 19.8 Å². The highest BCUT2D eigenvalue weighted by molar-refractivity contribution is 5.21. The molecule has 0 radical (unpaired) electrons. The van der Waals surface area contributed by atoms with Gasteiger partial charge in [-0.2, -0.15) is 0 Å². The molecule has 1 aromatic rings. The highest BCUT2D eigenvalue weighted by Gasteiger charge is 2.04. The number of hydrogen-bond donors (Lipinski definition) is 2. The van der Waals surface area contributed by atoms with Gasteiger partial charge in [-0.1, -0.05) is 26.2 Å². The Balaban J connectivity index is 2.03. The highest BCUT2D eigenvalue weighted by Crippen LogP contribution is 2.04. The SMILES string of the molecule is CCCCCCOCC(O)CNCc1ccncc1C. The quantitative estimate of drug-likeness (QED) is 0.611. The fourth-order valence-electron chi connectivity index (χ4n) is 1.98. The summed E-state index contributed by atoms with van der Waals surface area (Å²) in [6.45, 7) is 6.70. The fourth-order valence-corrected chi connectivity index (χ4v) is 1.98. The van der Waals surface area contributed by atoms with Crippen LogP contribution in [0.4, 0.5) is 0 Å². The molecule has 114 valence electrons. The van der Waals surface area contributed by atoms with E-state index in [1.807, 2.05) is 19.2 Å². The van der Waals surface area contributed by atoms with Gasteiger partial charge in [0.1, 0.15) is 0 Å². The largest absolute Gasteiger partial charge is 0.389 e. The summed E-state index contributed by atoms with van der Waals surface area (Å²) in [5, 5.41) is 13.0. The van der Waals surface area contributed by atoms with Gasteiger partial charge in [-0.05, 0) is 30.5 Å². The lowest BCUT2D eigenvalue weighted by Crippen LogP contribution is -2.30. The van der Waals surface area contributed by atoms with Crippen molar-refractivity contribution < 1.29 is 9.84 Å². The van der Waals surface area contributed by atoms with E-state index in [2.05, 4.69) is 17.2 Å². The zero-order chi connectivity index (χ0) is 14.6. The zero-order valence-electron chi connectivity index (χ0n) is 12.8. The van der Waals surface area contributed by atoms with Crippen LogP contribution in [0.3, 0.4) is 0 Å². The number of hydrogen-bond acceptors (Lipinski definition) is 4. The van der Waals surface area contributed by atoms with Gasteiger partial charge in [0.05, 0.1) is 12.7 Å². The van der Waals surface area contributed by atoms with Crippen LogP contribution in [0.1, 0.15) is 43.7 Å². The van der Waals surface area contributed by atoms with Gasteiger partial charge in [-0.15, -0.1) is 0 Å². The first-order valence-corrected chi connectivity index (χ1v) is 7.60. The molecule has 1 atom stereocenters. The van der Waals surface area contributed by atoms with Crippen LogP contribution < -0.4 is 5.32 Å². The monoisotopic (exact) mass is 280 g/mol. The molecule has 0 saturated heterocycles. The van der Waals surface area contributed by atoms with Crippen molar-refractivity contribution in [3.8, 4) is 0 Å². The van der Waals surface area contributed by atoms with E-state index >= 15 is 0 Å². The third-order valence-corrected chi connectivity index (χ3v) is 3.28. The summed E-state index contributed by atoms with van der Waals surface area (Å²) in [5.41, 5.74) is 2.38. The summed E-state index contributed by atoms with van der Waals surface area (Å²) in [7, 11) is 0. The van der Waals surface area contributed by atoms with Gasteiger partial charge in [-0.25, -0.2) is 0 Å². The molecule has 0 saturated carbocycles. The van der Waals surface area contributed by atoms with Crippen molar-refractivity contribution in [1.29, 1.82) is 0 Å². The molecule has 1 aromatic heterocycles. The summed E-state index contributed by atoms with van der Waals surface area (Å²) in [6.07, 6.45) is 8.01. The molecule has 1 unspecified atom stereocenters. The van der Waals surface area contributed by atoms with Gasteiger partial charge in [-0.3, -0.25) is 4.98 Å². The Labute approximate surface area is 122 Å². The van der Waals surface area contributed by atoms with Crippen LogP contribution in [0.2, 0.25) is 0 Å². The maximum absolute atomic E-state index is 9.80. The van der Waals surface area contributed by atoms with Crippen LogP contribution in [0.15, 0.2) is 18.5 Å². The number of ether oxygens (including phenoxy) is 1. The second kappa shape index (κ2) is 10.8. The minimum Gasteiger partial charge on any atom is -0.389 e. The number of aliphatic hydroxyl groups excluding tert-OH is 1. The van der Waals surface area contributed by atoms with E-state index in [0.717, 1.165) is 19.6 Å². The number of aliphatic hydroxyl groups is 1. The molecular formula is C16H28N2O2. The van der Waals surface area contributed by atoms with Crippen LogP contribution in [0.25, 0.3) is 0 Å². The molecule has 4 heteroatoms. The fraction of sp³-hybridized carbons (Fsp3) is 0.688. The zero-order valence-corrected chi connectivity index (χ0v) is 12.8. The first-order chi connectivity index (χ1) is 9.74. The predicted molar refractivity (Wildman–Crippen MR) is 81.6 cm³/mol. The van der Waals surface area contributed by atoms with E-state index in [4.69, 9.17) is 4.74 Å². The lowest BCUT2D eigenvalue weighted by atomic mass is 10.1. The molecule has 1 rings (SSSR count). The molecule has 1 heterocycles. The molecule has 4 nitrogen and oxygen atoms in total. The summed E-state index contributed by atoms with van der Waals surface area (Å²) >= 11 is 0. The number of pyridine rings is 1. The second-order valence-corrected chi connectivity index (χ2v) is 5.22. The number of nitrogens with zero attached hydrogens (tertiary/aromatic N) is 1. The number of aromatic nitrogens is 1. The molecule has 0 aliphatic rings. The molecule has 0 aromatic carbocycles. The van der Waals surface area contributed by atoms with Crippen molar-refractivity contribution in [2.45, 2.75) is 52.2 Å². The van der Waals surface area contributed by atoms with E-state index in [1.54, 1.807) is 6.20 Å². The molecule has 0 fully saturated rings. The summed E-state index contributed by atoms with van der Waals surface area (Å²) in [4.78, 5) is 4.06. The maximum atomic E-state index is 9.80. The lowest BCUT2D eigenvalue weighted by molar-refractivity contribution is 0.0353. The molecule has 0 amide bonds. The van der Waals surface area contributed by atoms with Gasteiger partial charge < -0.3 is 15.2 Å². The lowest BCUT2D eigenvalue weighted by Gasteiger charge is -2.13. The Hall–Kier alpha value is -0.970. The molecule has 0 aliphatic heterocycles. The summed E-state index contributed by atoms with van der Waals surface area (Å²) in [6, 6.07) is 2.00. The third-order valence-electron chi connectivity index (χ3n) is 3.28. The molecule has 20 heavy (non-hydrogen) atoms. The van der Waals surface area contributed by atoms with Crippen LogP contribution >= 0.6 is 0 Å². The molecule has 0 bridgehead atoms. The normalized spacial score (nSPS) is 12.6. The summed E-state index contributed by atoms with van der Waals surface area (Å²) in [5.74, 6) is 0. The second-order valence-electron chi connectivity index (χ2n) is 5.22. The Morgan fingerprint density at radius 2 is 2.20 bits per heavy atom. The Morgan fingerprint density at radius 1 is 1.35 bits per heavy atom. The standard InChI is InChI=1S/C16H28N2O2/c1-3-4-5-6-9-20-13-16(19)12-18-11-15-7-8-17-10-14(15)2/h7-8,10,16,18-19H,3-6,9,11-13H2,1-2H3. The number of aryl methyl sites for hydroxylation is 1. The predicted octanol–water partition coefficient (Wildman–Crippen LogP) is 2.44. The Morgan fingerprint density at radius 3 is 2.95 bits per heavy atom. The van der Waals surface area contributed by atoms with E-state index in [1.165, 1.54) is 30.4 Å². The number of nitrogens with one attached hydrogen (secondary N) is 1. The highest BCUT2D eigenvalue weighted by atomic mass is 16.5. The number of unbranched alkanes of at least 4 members (excludes halogenated alkanes) is 3. The molecule has 0 aliphatic carbocycles. The van der Waals surface area contributed by atoms with E-state index < -0.39 is 6.10 Å². The Kier molecular flexibility index (Phi) is 9.20. The minimum atomic E-state index is -0.441. The van der Waals surface area contributed by atoms with Crippen molar-refractivity contribution in [3.05, 3.63) is 29.6 Å². The first-order valence-electron chi connectivity index (χ1n) is 7.60. The van der Waals surface area contributed by atoms with Gasteiger partial charge >= 0.3 is 0 Å². The number of rotatable bonds is 11. The smallest absolute Gasteiger partial charge is 0.0897 e. The first kappa shape index (κ1) is 17.1. The topological polar surface area (TPSA) is 54.4 Å². The van der Waals surface area contributed by atoms with Crippen molar-refractivity contribution in [3.63, 3.8) is 0 Å². The van der Waals surface area contributed by atoms with Crippen LogP contribution in [0, 0.1) is 6.92 Å². The van der Waals surface area contributed by atoms with E-state index in [-0.39, 0.29) is 0 Å². The minimum absolute atomic E-state index is 0.411. The summed E-state index contributed by atoms with van der Waals surface area (Å²) < 4.78 is 5.47. The van der Waals surface area contributed by atoms with Crippen LogP contribution in [0.5, 0.6) is 0 Å². The van der Waals surface area contributed by atoms with Gasteiger partial charge in [0, 0.05) is 32.1 Å². The van der Waals surface area contributed by atoms with E-state index in [0.29, 0.717) is 13.2 Å². The van der Waals surface area contributed by atoms with Crippen molar-refractivity contribution >= 4 is 0 Å². The van der Waals surface area contributed by atoms with Gasteiger partial charge in [0.2, 0.25) is 0 Å². The van der Waals surface area contributed by atoms with E-state index in [9.17, 15) is 5.11 Å². The van der Waals surface area contributed by atoms with Crippen molar-refractivity contribution in [1.82, 2.24) is 10.3 Å². The van der Waals surface area contributed by atoms with Crippen LogP contribution in [-0.4, -0.2) is 36.0 Å². The van der Waals surface area contributed by atoms with Crippen LogP contribution in [-0.2, 0) is 11.3 Å².